The van der Waals surface area contributed by atoms with Crippen molar-refractivity contribution in [3.63, 3.8) is 0 Å². The molecule has 0 unspecified atom stereocenters. The first-order valence-corrected chi connectivity index (χ1v) is 4.90. The lowest BCUT2D eigenvalue weighted by molar-refractivity contribution is 0.0689. The lowest BCUT2D eigenvalue weighted by atomic mass is 10.2. The third kappa shape index (κ3) is 2.89. The molecule has 2 aromatic rings. The van der Waals surface area contributed by atoms with Crippen LogP contribution in [-0.2, 0) is 0 Å². The standard InChI is InChI=1S/C13H8N2O2/c16-13(17)12-9-8-11(14-15-12)7-6-10-4-2-1-3-5-10/h1-5,8-9H,(H,16,17). The highest BCUT2D eigenvalue weighted by Gasteiger charge is 2.03. The molecular formula is C13H8N2O2. The van der Waals surface area contributed by atoms with Crippen molar-refractivity contribution in [2.75, 3.05) is 0 Å². The molecule has 0 bridgehead atoms. The van der Waals surface area contributed by atoms with E-state index in [-0.39, 0.29) is 5.69 Å². The minimum atomic E-state index is -1.10. The Balaban J connectivity index is 2.20. The van der Waals surface area contributed by atoms with Crippen molar-refractivity contribution in [3.05, 3.63) is 59.4 Å². The summed E-state index contributed by atoms with van der Waals surface area (Å²) >= 11 is 0. The zero-order valence-electron chi connectivity index (χ0n) is 8.79. The van der Waals surface area contributed by atoms with Crippen LogP contribution in [0.25, 0.3) is 0 Å². The van der Waals surface area contributed by atoms with Gasteiger partial charge in [0.25, 0.3) is 0 Å². The Morgan fingerprint density at radius 1 is 1.00 bits per heavy atom. The van der Waals surface area contributed by atoms with Gasteiger partial charge in [-0.1, -0.05) is 24.1 Å². The molecule has 2 rings (SSSR count). The molecule has 0 saturated heterocycles. The molecule has 0 atom stereocenters. The van der Waals surface area contributed by atoms with Crippen molar-refractivity contribution in [1.29, 1.82) is 0 Å². The molecular weight excluding hydrogens is 216 g/mol. The van der Waals surface area contributed by atoms with Crippen LogP contribution in [0.3, 0.4) is 0 Å². The summed E-state index contributed by atoms with van der Waals surface area (Å²) in [5.74, 6) is 4.62. The monoisotopic (exact) mass is 224 g/mol. The van der Waals surface area contributed by atoms with Gasteiger partial charge in [0.15, 0.2) is 5.69 Å². The second kappa shape index (κ2) is 4.90. The number of hydrogen-bond donors (Lipinski definition) is 1. The van der Waals surface area contributed by atoms with Crippen molar-refractivity contribution >= 4 is 5.97 Å². The smallest absolute Gasteiger partial charge is 0.356 e. The molecule has 1 N–H and O–H groups in total. The number of carboxylic acids is 1. The summed E-state index contributed by atoms with van der Waals surface area (Å²) in [5, 5.41) is 15.9. The summed E-state index contributed by atoms with van der Waals surface area (Å²) in [6, 6.07) is 12.4. The number of aromatic nitrogens is 2. The van der Waals surface area contributed by atoms with Crippen LogP contribution in [0.4, 0.5) is 0 Å². The minimum absolute atomic E-state index is 0.0877. The van der Waals surface area contributed by atoms with Crippen molar-refractivity contribution in [2.45, 2.75) is 0 Å². The van der Waals surface area contributed by atoms with E-state index in [0.29, 0.717) is 5.69 Å². The van der Waals surface area contributed by atoms with E-state index in [0.717, 1.165) is 5.56 Å². The highest BCUT2D eigenvalue weighted by molar-refractivity contribution is 5.84. The summed E-state index contributed by atoms with van der Waals surface area (Å²) in [6.07, 6.45) is 0. The molecule has 0 amide bonds. The van der Waals surface area contributed by atoms with Gasteiger partial charge in [-0.25, -0.2) is 4.79 Å². The zero-order valence-corrected chi connectivity index (χ0v) is 8.79. The van der Waals surface area contributed by atoms with Gasteiger partial charge in [0, 0.05) is 5.56 Å². The van der Waals surface area contributed by atoms with Gasteiger partial charge < -0.3 is 5.11 Å². The minimum Gasteiger partial charge on any atom is -0.476 e. The number of carbonyl (C=O) groups is 1. The molecule has 0 aliphatic carbocycles. The lowest BCUT2D eigenvalue weighted by Gasteiger charge is -1.91. The fourth-order valence-electron chi connectivity index (χ4n) is 1.17. The number of benzene rings is 1. The van der Waals surface area contributed by atoms with E-state index in [9.17, 15) is 4.79 Å². The van der Waals surface area contributed by atoms with Gasteiger partial charge in [0.05, 0.1) is 0 Å². The third-order valence-corrected chi connectivity index (χ3v) is 1.99. The predicted octanol–water partition coefficient (Wildman–Crippen LogP) is 1.57. The number of aromatic carboxylic acids is 1. The first kappa shape index (κ1) is 10.8. The Hall–Kier alpha value is -2.67. The van der Waals surface area contributed by atoms with Crippen LogP contribution in [0.1, 0.15) is 21.7 Å². The highest BCUT2D eigenvalue weighted by Crippen LogP contribution is 1.98. The summed E-state index contributed by atoms with van der Waals surface area (Å²) in [5.41, 5.74) is 1.23. The van der Waals surface area contributed by atoms with Gasteiger partial charge in [-0.05, 0) is 30.2 Å². The van der Waals surface area contributed by atoms with Crippen molar-refractivity contribution in [1.82, 2.24) is 10.2 Å². The van der Waals surface area contributed by atoms with E-state index in [1.54, 1.807) is 0 Å². The number of rotatable bonds is 1. The second-order valence-electron chi connectivity index (χ2n) is 3.22. The third-order valence-electron chi connectivity index (χ3n) is 1.99. The van der Waals surface area contributed by atoms with Gasteiger partial charge in [-0.15, -0.1) is 10.2 Å². The maximum atomic E-state index is 10.6. The first-order chi connectivity index (χ1) is 8.25. The Bertz CT molecular complexity index is 580. The fraction of sp³-hybridized carbons (Fsp3) is 0. The van der Waals surface area contributed by atoms with E-state index in [1.807, 2.05) is 30.3 Å². The predicted molar refractivity (Wildman–Crippen MR) is 61.4 cm³/mol. The fourth-order valence-corrected chi connectivity index (χ4v) is 1.17. The van der Waals surface area contributed by atoms with E-state index < -0.39 is 5.97 Å². The maximum absolute atomic E-state index is 10.6. The topological polar surface area (TPSA) is 63.1 Å². The summed E-state index contributed by atoms with van der Waals surface area (Å²) in [4.78, 5) is 10.6. The van der Waals surface area contributed by atoms with Gasteiger partial charge in [0.1, 0.15) is 5.69 Å². The van der Waals surface area contributed by atoms with Crippen LogP contribution in [0.15, 0.2) is 42.5 Å². The molecule has 0 aliphatic rings. The van der Waals surface area contributed by atoms with E-state index in [2.05, 4.69) is 22.0 Å². The maximum Gasteiger partial charge on any atom is 0.356 e. The Morgan fingerprint density at radius 2 is 1.76 bits per heavy atom. The van der Waals surface area contributed by atoms with Crippen molar-refractivity contribution in [3.8, 4) is 11.8 Å². The molecule has 82 valence electrons. The number of nitrogens with zero attached hydrogens (tertiary/aromatic N) is 2. The molecule has 4 heteroatoms. The van der Waals surface area contributed by atoms with Crippen LogP contribution in [-0.4, -0.2) is 21.3 Å². The Kier molecular flexibility index (Phi) is 3.13. The molecule has 4 nitrogen and oxygen atoms in total. The Labute approximate surface area is 97.9 Å². The van der Waals surface area contributed by atoms with Gasteiger partial charge in [-0.2, -0.15) is 0 Å². The van der Waals surface area contributed by atoms with E-state index in [4.69, 9.17) is 5.11 Å². The SMILES string of the molecule is O=C(O)c1ccc(C#Cc2ccccc2)nn1. The van der Waals surface area contributed by atoms with Crippen LogP contribution >= 0.6 is 0 Å². The molecule has 0 aliphatic heterocycles. The molecule has 17 heavy (non-hydrogen) atoms. The summed E-state index contributed by atoms with van der Waals surface area (Å²) in [7, 11) is 0. The molecule has 0 fully saturated rings. The van der Waals surface area contributed by atoms with Crippen molar-refractivity contribution in [2.24, 2.45) is 0 Å². The molecule has 0 saturated carbocycles. The van der Waals surface area contributed by atoms with Crippen molar-refractivity contribution < 1.29 is 9.90 Å². The molecule has 1 aromatic carbocycles. The Morgan fingerprint density at radius 3 is 2.35 bits per heavy atom. The quantitative estimate of drug-likeness (QED) is 0.747. The summed E-state index contributed by atoms with van der Waals surface area (Å²) < 4.78 is 0. The van der Waals surface area contributed by atoms with E-state index in [1.165, 1.54) is 12.1 Å². The molecule has 0 radical (unpaired) electrons. The van der Waals surface area contributed by atoms with Gasteiger partial charge >= 0.3 is 5.97 Å². The number of carboxylic acid groups (broad SMARTS) is 1. The molecule has 1 heterocycles. The highest BCUT2D eigenvalue weighted by atomic mass is 16.4. The van der Waals surface area contributed by atoms with Crippen LogP contribution in [0.5, 0.6) is 0 Å². The lowest BCUT2D eigenvalue weighted by Crippen LogP contribution is -2.02. The second-order valence-corrected chi connectivity index (χ2v) is 3.22. The molecule has 1 aromatic heterocycles. The largest absolute Gasteiger partial charge is 0.476 e. The van der Waals surface area contributed by atoms with Crippen LogP contribution in [0.2, 0.25) is 0 Å². The number of hydrogen-bond acceptors (Lipinski definition) is 3. The normalized spacial score (nSPS) is 9.18. The zero-order chi connectivity index (χ0) is 12.1. The van der Waals surface area contributed by atoms with E-state index >= 15 is 0 Å². The molecule has 0 spiro atoms. The average molecular weight is 224 g/mol. The van der Waals surface area contributed by atoms with Gasteiger partial charge in [0.2, 0.25) is 0 Å². The average Bonchev–Trinajstić information content (AvgIpc) is 2.38. The first-order valence-electron chi connectivity index (χ1n) is 4.90. The van der Waals surface area contributed by atoms with Crippen LogP contribution in [0, 0.1) is 11.8 Å². The summed E-state index contributed by atoms with van der Waals surface area (Å²) in [6.45, 7) is 0. The van der Waals surface area contributed by atoms with Gasteiger partial charge in [-0.3, -0.25) is 0 Å². The van der Waals surface area contributed by atoms with Crippen LogP contribution < -0.4 is 0 Å².